The van der Waals surface area contributed by atoms with E-state index in [1.807, 2.05) is 0 Å². The molecule has 104 valence electrons. The molecule has 1 unspecified atom stereocenters. The van der Waals surface area contributed by atoms with Crippen molar-refractivity contribution in [1.29, 1.82) is 0 Å². The minimum absolute atomic E-state index is 0.0229. The molecule has 19 heavy (non-hydrogen) atoms. The topological polar surface area (TPSA) is 101 Å². The summed E-state index contributed by atoms with van der Waals surface area (Å²) in [7, 11) is -3.05. The molecule has 0 aliphatic carbocycles. The summed E-state index contributed by atoms with van der Waals surface area (Å²) in [6, 6.07) is 1.06. The van der Waals surface area contributed by atoms with Crippen LogP contribution in [-0.4, -0.2) is 48.4 Å². The maximum atomic E-state index is 11.8. The Bertz CT molecular complexity index is 578. The molecular formula is C10H13ClN4O3S. The highest BCUT2D eigenvalue weighted by Gasteiger charge is 2.26. The Morgan fingerprint density at radius 3 is 3.00 bits per heavy atom. The van der Waals surface area contributed by atoms with Gasteiger partial charge in [0, 0.05) is 25.1 Å². The van der Waals surface area contributed by atoms with Gasteiger partial charge in [0.2, 0.25) is 5.91 Å². The quantitative estimate of drug-likeness (QED) is 0.753. The summed E-state index contributed by atoms with van der Waals surface area (Å²) >= 11 is 5.66. The van der Waals surface area contributed by atoms with Crippen molar-refractivity contribution in [3.8, 4) is 0 Å². The number of carbonyl (C=O) groups is 1. The molecule has 7 nitrogen and oxygen atoms in total. The number of hydrogen-bond donors (Lipinski definition) is 2. The van der Waals surface area contributed by atoms with E-state index in [0.29, 0.717) is 12.4 Å². The summed E-state index contributed by atoms with van der Waals surface area (Å²) in [4.78, 5) is 19.3. The Hall–Kier alpha value is -1.25. The molecule has 1 fully saturated rings. The van der Waals surface area contributed by atoms with E-state index in [4.69, 9.17) is 11.6 Å². The van der Waals surface area contributed by atoms with Gasteiger partial charge in [-0.25, -0.2) is 18.4 Å². The minimum Gasteiger partial charge on any atom is -0.311 e. The number of anilines is 1. The van der Waals surface area contributed by atoms with Gasteiger partial charge < -0.3 is 10.6 Å². The fourth-order valence-electron chi connectivity index (χ4n) is 1.82. The molecule has 1 aliphatic heterocycles. The van der Waals surface area contributed by atoms with E-state index in [0.717, 1.165) is 0 Å². The molecule has 0 aromatic carbocycles. The average molecular weight is 305 g/mol. The van der Waals surface area contributed by atoms with Crippen LogP contribution in [-0.2, 0) is 14.6 Å². The first kappa shape index (κ1) is 14.2. The van der Waals surface area contributed by atoms with Gasteiger partial charge in [0.05, 0.1) is 11.5 Å². The van der Waals surface area contributed by atoms with Gasteiger partial charge in [-0.15, -0.1) is 0 Å². The number of hydrogen-bond acceptors (Lipinski definition) is 6. The molecule has 1 aromatic rings. The Morgan fingerprint density at radius 1 is 1.53 bits per heavy atom. The van der Waals surface area contributed by atoms with E-state index < -0.39 is 9.84 Å². The maximum Gasteiger partial charge on any atom is 0.227 e. The lowest BCUT2D eigenvalue weighted by Crippen LogP contribution is -2.46. The van der Waals surface area contributed by atoms with Gasteiger partial charge in [0.15, 0.2) is 9.84 Å². The fraction of sp³-hybridized carbons (Fsp3) is 0.500. The number of sulfone groups is 1. The largest absolute Gasteiger partial charge is 0.311 e. The average Bonchev–Trinajstić information content (AvgIpc) is 2.27. The zero-order chi connectivity index (χ0) is 13.9. The third kappa shape index (κ3) is 4.41. The molecule has 1 aliphatic rings. The standard InChI is InChI=1S/C10H13ClN4O3S/c11-8-4-9(14-6-13-8)15-10(16)3-7-5-19(17,18)2-1-12-7/h4,6-7,12H,1-3,5H2,(H,13,14,15,16). The number of rotatable bonds is 3. The van der Waals surface area contributed by atoms with Crippen LogP contribution in [0.25, 0.3) is 0 Å². The van der Waals surface area contributed by atoms with Gasteiger partial charge in [-0.05, 0) is 0 Å². The van der Waals surface area contributed by atoms with E-state index in [-0.39, 0.29) is 35.0 Å². The minimum atomic E-state index is -3.05. The third-order valence-corrected chi connectivity index (χ3v) is 4.58. The van der Waals surface area contributed by atoms with Gasteiger partial charge >= 0.3 is 0 Å². The first-order chi connectivity index (χ1) is 8.94. The zero-order valence-electron chi connectivity index (χ0n) is 9.97. The first-order valence-corrected chi connectivity index (χ1v) is 7.86. The normalized spacial score (nSPS) is 21.8. The van der Waals surface area contributed by atoms with Crippen molar-refractivity contribution in [3.05, 3.63) is 17.5 Å². The Kier molecular flexibility index (Phi) is 4.33. The summed E-state index contributed by atoms with van der Waals surface area (Å²) < 4.78 is 22.9. The fourth-order valence-corrected chi connectivity index (χ4v) is 3.41. The number of nitrogens with one attached hydrogen (secondary N) is 2. The SMILES string of the molecule is O=C(CC1CS(=O)(=O)CCN1)Nc1cc(Cl)ncn1. The lowest BCUT2D eigenvalue weighted by Gasteiger charge is -2.22. The molecule has 0 spiro atoms. The lowest BCUT2D eigenvalue weighted by atomic mass is 10.2. The van der Waals surface area contributed by atoms with Crippen LogP contribution in [0.2, 0.25) is 5.15 Å². The maximum absolute atomic E-state index is 11.8. The molecule has 2 heterocycles. The summed E-state index contributed by atoms with van der Waals surface area (Å²) in [6.45, 7) is 0.375. The predicted octanol–water partition coefficient (Wildman–Crippen LogP) is -0.155. The number of carbonyl (C=O) groups excluding carboxylic acids is 1. The summed E-state index contributed by atoms with van der Waals surface area (Å²) in [5, 5.41) is 5.78. The highest BCUT2D eigenvalue weighted by Crippen LogP contribution is 2.10. The van der Waals surface area contributed by atoms with E-state index in [1.54, 1.807) is 0 Å². The van der Waals surface area contributed by atoms with Crippen molar-refractivity contribution in [2.75, 3.05) is 23.4 Å². The zero-order valence-corrected chi connectivity index (χ0v) is 11.5. The van der Waals surface area contributed by atoms with Crippen molar-refractivity contribution in [3.63, 3.8) is 0 Å². The van der Waals surface area contributed by atoms with E-state index >= 15 is 0 Å². The summed E-state index contributed by atoms with van der Waals surface area (Å²) in [5.74, 6) is 0.0745. The van der Waals surface area contributed by atoms with Crippen LogP contribution in [0.4, 0.5) is 5.82 Å². The Morgan fingerprint density at radius 2 is 2.32 bits per heavy atom. The van der Waals surface area contributed by atoms with Crippen LogP contribution in [0.15, 0.2) is 12.4 Å². The highest BCUT2D eigenvalue weighted by molar-refractivity contribution is 7.91. The highest BCUT2D eigenvalue weighted by atomic mass is 35.5. The van der Waals surface area contributed by atoms with E-state index in [9.17, 15) is 13.2 Å². The van der Waals surface area contributed by atoms with E-state index in [2.05, 4.69) is 20.6 Å². The third-order valence-electron chi connectivity index (χ3n) is 2.63. The molecule has 9 heteroatoms. The van der Waals surface area contributed by atoms with Crippen molar-refractivity contribution >= 4 is 33.2 Å². The molecule has 1 saturated heterocycles. The second-order valence-corrected chi connectivity index (χ2v) is 6.86. The first-order valence-electron chi connectivity index (χ1n) is 5.66. The summed E-state index contributed by atoms with van der Waals surface area (Å²) in [6.07, 6.45) is 1.31. The van der Waals surface area contributed by atoms with Gasteiger partial charge in [-0.1, -0.05) is 11.6 Å². The van der Waals surface area contributed by atoms with Crippen molar-refractivity contribution < 1.29 is 13.2 Å². The Labute approximate surface area is 115 Å². The predicted molar refractivity (Wildman–Crippen MR) is 70.7 cm³/mol. The van der Waals surface area contributed by atoms with Gasteiger partial charge in [0.1, 0.15) is 17.3 Å². The smallest absolute Gasteiger partial charge is 0.227 e. The molecule has 2 rings (SSSR count). The van der Waals surface area contributed by atoms with Crippen LogP contribution in [0.3, 0.4) is 0 Å². The van der Waals surface area contributed by atoms with Crippen LogP contribution in [0.1, 0.15) is 6.42 Å². The molecule has 0 bridgehead atoms. The number of aromatic nitrogens is 2. The molecule has 0 radical (unpaired) electrons. The lowest BCUT2D eigenvalue weighted by molar-refractivity contribution is -0.116. The van der Waals surface area contributed by atoms with Crippen molar-refractivity contribution in [2.45, 2.75) is 12.5 Å². The van der Waals surface area contributed by atoms with Crippen molar-refractivity contribution in [1.82, 2.24) is 15.3 Å². The van der Waals surface area contributed by atoms with Crippen LogP contribution in [0, 0.1) is 0 Å². The number of halogens is 1. The van der Waals surface area contributed by atoms with Gasteiger partial charge in [0.25, 0.3) is 0 Å². The number of nitrogens with zero attached hydrogens (tertiary/aromatic N) is 2. The number of amides is 1. The molecular weight excluding hydrogens is 292 g/mol. The van der Waals surface area contributed by atoms with Crippen LogP contribution >= 0.6 is 11.6 Å². The molecule has 1 atom stereocenters. The summed E-state index contributed by atoms with van der Waals surface area (Å²) in [5.41, 5.74) is 0. The van der Waals surface area contributed by atoms with Gasteiger partial charge in [-0.3, -0.25) is 4.79 Å². The molecule has 0 saturated carbocycles. The van der Waals surface area contributed by atoms with Gasteiger partial charge in [-0.2, -0.15) is 0 Å². The second kappa shape index (κ2) is 5.81. The monoisotopic (exact) mass is 304 g/mol. The molecule has 1 amide bonds. The second-order valence-electron chi connectivity index (χ2n) is 4.24. The van der Waals surface area contributed by atoms with Crippen LogP contribution in [0.5, 0.6) is 0 Å². The van der Waals surface area contributed by atoms with E-state index in [1.165, 1.54) is 12.4 Å². The molecule has 1 aromatic heterocycles. The van der Waals surface area contributed by atoms with Crippen LogP contribution < -0.4 is 10.6 Å². The Balaban J connectivity index is 1.91. The van der Waals surface area contributed by atoms with Crippen molar-refractivity contribution in [2.24, 2.45) is 0 Å². The molecule has 2 N–H and O–H groups in total.